The third-order valence-corrected chi connectivity index (χ3v) is 4.15. The zero-order valence-corrected chi connectivity index (χ0v) is 14.2. The van der Waals surface area contributed by atoms with E-state index >= 15 is 0 Å². The molecular formula is C17H17N7O2. The first-order valence-electron chi connectivity index (χ1n) is 8.18. The largest absolute Gasteiger partial charge is 0.354 e. The van der Waals surface area contributed by atoms with Crippen molar-refractivity contribution in [2.45, 2.75) is 13.0 Å². The summed E-state index contributed by atoms with van der Waals surface area (Å²) < 4.78 is 4.74. The van der Waals surface area contributed by atoms with Crippen LogP contribution in [0.15, 0.2) is 47.9 Å². The van der Waals surface area contributed by atoms with Crippen LogP contribution in [-0.4, -0.2) is 41.2 Å². The van der Waals surface area contributed by atoms with Gasteiger partial charge in [-0.3, -0.25) is 18.8 Å². The highest BCUT2D eigenvalue weighted by atomic mass is 16.2. The zero-order valence-electron chi connectivity index (χ0n) is 14.2. The quantitative estimate of drug-likeness (QED) is 0.551. The molecule has 0 fully saturated rings. The molecule has 0 saturated carbocycles. The number of aromatic nitrogens is 6. The zero-order chi connectivity index (χ0) is 18.1. The summed E-state index contributed by atoms with van der Waals surface area (Å²) >= 11 is 0. The third-order valence-electron chi connectivity index (χ3n) is 4.15. The van der Waals surface area contributed by atoms with Crippen LogP contribution in [0.1, 0.15) is 5.69 Å². The molecule has 0 saturated heterocycles. The van der Waals surface area contributed by atoms with Crippen LogP contribution >= 0.6 is 0 Å². The summed E-state index contributed by atoms with van der Waals surface area (Å²) in [6, 6.07) is 5.79. The summed E-state index contributed by atoms with van der Waals surface area (Å²) in [5.41, 5.74) is 1.99. The molecule has 9 nitrogen and oxygen atoms in total. The Bertz CT molecular complexity index is 1120. The minimum Gasteiger partial charge on any atom is -0.354 e. The Kier molecular flexibility index (Phi) is 3.96. The van der Waals surface area contributed by atoms with Gasteiger partial charge in [-0.1, -0.05) is 6.07 Å². The molecule has 0 aliphatic heterocycles. The smallest absolute Gasteiger partial charge is 0.264 e. The Labute approximate surface area is 147 Å². The number of rotatable bonds is 5. The van der Waals surface area contributed by atoms with Gasteiger partial charge in [0, 0.05) is 32.4 Å². The van der Waals surface area contributed by atoms with Gasteiger partial charge in [0.15, 0.2) is 5.65 Å². The van der Waals surface area contributed by atoms with E-state index in [1.807, 2.05) is 35.0 Å². The van der Waals surface area contributed by atoms with Crippen LogP contribution in [0.3, 0.4) is 0 Å². The number of aryl methyl sites for hydroxylation is 1. The van der Waals surface area contributed by atoms with Crippen molar-refractivity contribution in [3.8, 4) is 0 Å². The Balaban J connectivity index is 1.38. The molecule has 26 heavy (non-hydrogen) atoms. The van der Waals surface area contributed by atoms with Crippen LogP contribution in [0, 0.1) is 0 Å². The van der Waals surface area contributed by atoms with E-state index in [2.05, 4.69) is 20.4 Å². The van der Waals surface area contributed by atoms with E-state index in [-0.39, 0.29) is 18.0 Å². The van der Waals surface area contributed by atoms with Gasteiger partial charge in [-0.25, -0.2) is 9.97 Å². The Morgan fingerprint density at radius 1 is 1.31 bits per heavy atom. The van der Waals surface area contributed by atoms with Crippen LogP contribution in [-0.2, 0) is 24.8 Å². The molecule has 4 heterocycles. The molecule has 0 radical (unpaired) electrons. The van der Waals surface area contributed by atoms with E-state index in [4.69, 9.17) is 0 Å². The molecule has 4 aromatic rings. The number of pyridine rings is 1. The van der Waals surface area contributed by atoms with Gasteiger partial charge in [-0.05, 0) is 12.1 Å². The van der Waals surface area contributed by atoms with E-state index in [9.17, 15) is 9.59 Å². The van der Waals surface area contributed by atoms with Crippen molar-refractivity contribution < 1.29 is 4.79 Å². The predicted molar refractivity (Wildman–Crippen MR) is 94.7 cm³/mol. The van der Waals surface area contributed by atoms with Gasteiger partial charge in [-0.15, -0.1) is 0 Å². The first kappa shape index (κ1) is 16.0. The number of fused-ring (bicyclic) bond motifs is 2. The Hall–Kier alpha value is -3.49. The second kappa shape index (κ2) is 6.43. The molecule has 0 aliphatic carbocycles. The number of carbonyl (C=O) groups excluding carboxylic acids is 1. The van der Waals surface area contributed by atoms with E-state index in [0.29, 0.717) is 24.0 Å². The van der Waals surface area contributed by atoms with Gasteiger partial charge in [0.25, 0.3) is 5.56 Å². The first-order valence-corrected chi connectivity index (χ1v) is 8.18. The van der Waals surface area contributed by atoms with Crippen LogP contribution < -0.4 is 10.9 Å². The van der Waals surface area contributed by atoms with Crippen molar-refractivity contribution in [3.63, 3.8) is 0 Å². The van der Waals surface area contributed by atoms with Crippen LogP contribution in [0.25, 0.3) is 16.7 Å². The molecule has 1 N–H and O–H groups in total. The number of nitrogens with one attached hydrogen (secondary N) is 1. The molecule has 0 unspecified atom stereocenters. The molecule has 132 valence electrons. The maximum absolute atomic E-state index is 12.3. The number of imidazole rings is 1. The van der Waals surface area contributed by atoms with E-state index in [1.54, 1.807) is 7.05 Å². The number of hydrogen-bond acceptors (Lipinski definition) is 5. The molecule has 4 rings (SSSR count). The lowest BCUT2D eigenvalue weighted by Gasteiger charge is -2.06. The highest BCUT2D eigenvalue weighted by molar-refractivity contribution is 5.77. The van der Waals surface area contributed by atoms with Crippen molar-refractivity contribution in [3.05, 3.63) is 59.2 Å². The normalized spacial score (nSPS) is 11.3. The molecule has 0 atom stereocenters. The van der Waals surface area contributed by atoms with Crippen molar-refractivity contribution in [1.29, 1.82) is 0 Å². The van der Waals surface area contributed by atoms with Gasteiger partial charge in [-0.2, -0.15) is 5.10 Å². The van der Waals surface area contributed by atoms with Gasteiger partial charge >= 0.3 is 0 Å². The van der Waals surface area contributed by atoms with E-state index < -0.39 is 0 Å². The highest BCUT2D eigenvalue weighted by Gasteiger charge is 2.10. The van der Waals surface area contributed by atoms with Crippen LogP contribution in [0.2, 0.25) is 0 Å². The second-order valence-electron chi connectivity index (χ2n) is 5.98. The molecular weight excluding hydrogens is 334 g/mol. The summed E-state index contributed by atoms with van der Waals surface area (Å²) in [5.74, 6) is -0.249. The third kappa shape index (κ3) is 2.94. The predicted octanol–water partition coefficient (Wildman–Crippen LogP) is 0.137. The SMILES string of the molecule is Cn1ncc2c(=O)n(CC(=O)NCCc3cn4ccccc4n3)cnc21. The molecule has 0 bridgehead atoms. The number of hydrogen-bond donors (Lipinski definition) is 1. The summed E-state index contributed by atoms with van der Waals surface area (Å²) in [6.07, 6.45) is 7.31. The van der Waals surface area contributed by atoms with Gasteiger partial charge < -0.3 is 9.72 Å². The summed E-state index contributed by atoms with van der Waals surface area (Å²) in [4.78, 5) is 33.1. The summed E-state index contributed by atoms with van der Waals surface area (Å²) in [6.45, 7) is 0.363. The van der Waals surface area contributed by atoms with Crippen molar-refractivity contribution in [2.75, 3.05) is 6.54 Å². The number of amides is 1. The molecule has 1 amide bonds. The van der Waals surface area contributed by atoms with E-state index in [0.717, 1.165) is 11.3 Å². The monoisotopic (exact) mass is 351 g/mol. The minimum atomic E-state index is -0.279. The van der Waals surface area contributed by atoms with Gasteiger partial charge in [0.2, 0.25) is 5.91 Å². The molecule has 4 aromatic heterocycles. The number of nitrogens with zero attached hydrogens (tertiary/aromatic N) is 6. The Morgan fingerprint density at radius 2 is 2.19 bits per heavy atom. The lowest BCUT2D eigenvalue weighted by atomic mass is 10.3. The highest BCUT2D eigenvalue weighted by Crippen LogP contribution is 2.05. The van der Waals surface area contributed by atoms with Gasteiger partial charge in [0.1, 0.15) is 23.9 Å². The molecule has 0 aliphatic rings. The maximum Gasteiger partial charge on any atom is 0.264 e. The standard InChI is InChI=1S/C17H17N7O2/c1-22-16-13(8-20-22)17(26)24(11-19-16)10-15(25)18-6-5-12-9-23-7-3-2-4-14(23)21-12/h2-4,7-9,11H,5-6,10H2,1H3,(H,18,25). The van der Waals surface area contributed by atoms with Crippen molar-refractivity contribution in [2.24, 2.45) is 7.05 Å². The topological polar surface area (TPSA) is 99.1 Å². The maximum atomic E-state index is 12.3. The van der Waals surface area contributed by atoms with Crippen LogP contribution in [0.5, 0.6) is 0 Å². The summed E-state index contributed by atoms with van der Waals surface area (Å²) in [5, 5.41) is 7.21. The van der Waals surface area contributed by atoms with Crippen molar-refractivity contribution >= 4 is 22.6 Å². The lowest BCUT2D eigenvalue weighted by molar-refractivity contribution is -0.121. The minimum absolute atomic E-state index is 0.0815. The van der Waals surface area contributed by atoms with Crippen LogP contribution in [0.4, 0.5) is 0 Å². The molecule has 9 heteroatoms. The lowest BCUT2D eigenvalue weighted by Crippen LogP contribution is -2.33. The fourth-order valence-corrected chi connectivity index (χ4v) is 2.83. The fraction of sp³-hybridized carbons (Fsp3) is 0.235. The fourth-order valence-electron chi connectivity index (χ4n) is 2.83. The Morgan fingerprint density at radius 3 is 3.04 bits per heavy atom. The summed E-state index contributed by atoms with van der Waals surface area (Å²) in [7, 11) is 1.71. The average molecular weight is 351 g/mol. The van der Waals surface area contributed by atoms with Gasteiger partial charge in [0.05, 0.1) is 11.9 Å². The second-order valence-corrected chi connectivity index (χ2v) is 5.98. The average Bonchev–Trinajstić information content (AvgIpc) is 3.21. The van der Waals surface area contributed by atoms with Crippen molar-refractivity contribution in [1.82, 2.24) is 34.0 Å². The molecule has 0 spiro atoms. The molecule has 0 aromatic carbocycles. The van der Waals surface area contributed by atoms with E-state index in [1.165, 1.54) is 21.8 Å². The number of carbonyl (C=O) groups is 1. The first-order chi connectivity index (χ1) is 12.6.